The van der Waals surface area contributed by atoms with Crippen LogP contribution in [0.2, 0.25) is 0 Å². The van der Waals surface area contributed by atoms with Crippen LogP contribution in [0.25, 0.3) is 11.1 Å². The SMILES string of the molecule is O=CO.OC(O)c1cc2cc-2c1. The van der Waals surface area contributed by atoms with E-state index < -0.39 is 6.29 Å². The molecule has 4 nitrogen and oxygen atoms in total. The van der Waals surface area contributed by atoms with E-state index in [-0.39, 0.29) is 6.47 Å². The van der Waals surface area contributed by atoms with E-state index >= 15 is 0 Å². The predicted molar refractivity (Wildman–Crippen MR) is 41.3 cm³/mol. The Morgan fingerprint density at radius 3 is 1.83 bits per heavy atom. The van der Waals surface area contributed by atoms with Crippen molar-refractivity contribution < 1.29 is 20.1 Å². The minimum atomic E-state index is -1.30. The Hall–Kier alpha value is -1.39. The Bertz CT molecular complexity index is 273. The number of hydrogen-bond donors (Lipinski definition) is 3. The standard InChI is InChI=1S/C7H6O2.CH2O2/c8-7(9)6-2-4-1-5(4)3-6;2-1-3/h1-3,7-9H;1H,(H,2,3). The first-order valence-electron chi connectivity index (χ1n) is 3.28. The molecule has 0 unspecified atom stereocenters. The fourth-order valence-corrected chi connectivity index (χ4v) is 0.931. The van der Waals surface area contributed by atoms with Gasteiger partial charge < -0.3 is 15.3 Å². The lowest BCUT2D eigenvalue weighted by molar-refractivity contribution is -0.122. The predicted octanol–water partition coefficient (Wildman–Crippen LogP) is 0.351. The summed E-state index contributed by atoms with van der Waals surface area (Å²) in [6.07, 6.45) is -1.30. The summed E-state index contributed by atoms with van der Waals surface area (Å²) in [5.74, 6) is 0. The van der Waals surface area contributed by atoms with Crippen molar-refractivity contribution in [1.82, 2.24) is 0 Å². The van der Waals surface area contributed by atoms with Gasteiger partial charge in [-0.25, -0.2) is 0 Å². The molecule has 4 heteroatoms. The van der Waals surface area contributed by atoms with Crippen LogP contribution in [0.5, 0.6) is 0 Å². The van der Waals surface area contributed by atoms with Gasteiger partial charge in [-0.3, -0.25) is 4.79 Å². The van der Waals surface area contributed by atoms with E-state index in [9.17, 15) is 0 Å². The maximum absolute atomic E-state index is 8.61. The Morgan fingerprint density at radius 2 is 1.58 bits per heavy atom. The summed E-state index contributed by atoms with van der Waals surface area (Å²) < 4.78 is 0. The van der Waals surface area contributed by atoms with Gasteiger partial charge in [-0.15, -0.1) is 0 Å². The van der Waals surface area contributed by atoms with Crippen molar-refractivity contribution in [2.24, 2.45) is 0 Å². The Morgan fingerprint density at radius 1 is 1.17 bits per heavy atom. The first-order chi connectivity index (χ1) is 5.69. The lowest BCUT2D eigenvalue weighted by Gasteiger charge is -1.96. The molecule has 0 bridgehead atoms. The van der Waals surface area contributed by atoms with E-state index in [1.807, 2.05) is 6.07 Å². The molecule has 0 saturated carbocycles. The van der Waals surface area contributed by atoms with Crippen LogP contribution in [0.4, 0.5) is 0 Å². The highest BCUT2D eigenvalue weighted by Gasteiger charge is 2.16. The summed E-state index contributed by atoms with van der Waals surface area (Å²) in [7, 11) is 0. The van der Waals surface area contributed by atoms with E-state index in [1.165, 1.54) is 0 Å². The molecule has 2 rings (SSSR count). The van der Waals surface area contributed by atoms with Crippen molar-refractivity contribution in [3.8, 4) is 11.1 Å². The molecule has 0 aliphatic heterocycles. The first kappa shape index (κ1) is 8.70. The summed E-state index contributed by atoms with van der Waals surface area (Å²) in [6.45, 7) is -0.250. The van der Waals surface area contributed by atoms with Gasteiger partial charge in [0.15, 0.2) is 6.29 Å². The topological polar surface area (TPSA) is 77.8 Å². The molecule has 2 aliphatic rings. The van der Waals surface area contributed by atoms with Crippen LogP contribution in [-0.4, -0.2) is 21.8 Å². The van der Waals surface area contributed by atoms with Gasteiger partial charge in [0, 0.05) is 5.56 Å². The van der Waals surface area contributed by atoms with Crippen molar-refractivity contribution >= 4 is 6.47 Å². The Kier molecular flexibility index (Phi) is 2.42. The molecule has 0 saturated heterocycles. The molecule has 0 heterocycles. The monoisotopic (exact) mass is 168 g/mol. The van der Waals surface area contributed by atoms with Crippen LogP contribution in [-0.2, 0) is 4.79 Å². The average molecular weight is 168 g/mol. The molecule has 0 radical (unpaired) electrons. The van der Waals surface area contributed by atoms with Crippen molar-refractivity contribution in [2.75, 3.05) is 0 Å². The van der Waals surface area contributed by atoms with Crippen molar-refractivity contribution in [2.45, 2.75) is 6.29 Å². The lowest BCUT2D eigenvalue weighted by Crippen LogP contribution is -1.90. The molecule has 0 aromatic carbocycles. The molecule has 0 spiro atoms. The molecule has 0 aromatic heterocycles. The first-order valence-corrected chi connectivity index (χ1v) is 3.28. The molecule has 3 N–H and O–H groups in total. The zero-order chi connectivity index (χ0) is 9.14. The third kappa shape index (κ3) is 1.81. The van der Waals surface area contributed by atoms with Crippen LogP contribution in [0.1, 0.15) is 11.9 Å². The van der Waals surface area contributed by atoms with E-state index in [2.05, 4.69) is 0 Å². The average Bonchev–Trinajstić information content (AvgIpc) is 2.60. The van der Waals surface area contributed by atoms with Gasteiger partial charge in [-0.2, -0.15) is 0 Å². The van der Waals surface area contributed by atoms with Gasteiger partial charge in [-0.05, 0) is 29.3 Å². The van der Waals surface area contributed by atoms with Gasteiger partial charge in [0.1, 0.15) is 0 Å². The summed E-state index contributed by atoms with van der Waals surface area (Å²) >= 11 is 0. The maximum atomic E-state index is 8.61. The Balaban J connectivity index is 0.000000213. The fourth-order valence-electron chi connectivity index (χ4n) is 0.931. The Labute approximate surface area is 68.7 Å². The molecule has 64 valence electrons. The highest BCUT2D eigenvalue weighted by Crippen LogP contribution is 2.37. The van der Waals surface area contributed by atoms with Crippen LogP contribution in [0.3, 0.4) is 0 Å². The minimum Gasteiger partial charge on any atom is -0.483 e. The van der Waals surface area contributed by atoms with Gasteiger partial charge in [0.05, 0.1) is 0 Å². The fraction of sp³-hybridized carbons (Fsp3) is 0.125. The highest BCUT2D eigenvalue weighted by molar-refractivity contribution is 5.82. The van der Waals surface area contributed by atoms with Crippen LogP contribution < -0.4 is 0 Å². The van der Waals surface area contributed by atoms with Crippen LogP contribution in [0, 0.1) is 0 Å². The minimum absolute atomic E-state index is 0.250. The largest absolute Gasteiger partial charge is 0.483 e. The molecule has 0 aromatic rings. The second-order valence-electron chi connectivity index (χ2n) is 2.32. The van der Waals surface area contributed by atoms with E-state index in [1.54, 1.807) is 12.1 Å². The molecule has 0 amide bonds. The summed E-state index contributed by atoms with van der Waals surface area (Å²) in [6, 6.07) is 5.55. The molecule has 0 atom stereocenters. The quantitative estimate of drug-likeness (QED) is 0.424. The van der Waals surface area contributed by atoms with Crippen molar-refractivity contribution in [3.05, 3.63) is 23.8 Å². The van der Waals surface area contributed by atoms with E-state index in [0.29, 0.717) is 5.56 Å². The normalized spacial score (nSPS) is 10.2. The molecular weight excluding hydrogens is 160 g/mol. The van der Waals surface area contributed by atoms with Gasteiger partial charge in [-0.1, -0.05) is 0 Å². The molecule has 2 aliphatic carbocycles. The number of carboxylic acid groups (broad SMARTS) is 1. The third-order valence-electron chi connectivity index (χ3n) is 1.50. The summed E-state index contributed by atoms with van der Waals surface area (Å²) in [4.78, 5) is 8.36. The van der Waals surface area contributed by atoms with E-state index in [0.717, 1.165) is 11.1 Å². The van der Waals surface area contributed by atoms with Crippen molar-refractivity contribution in [1.29, 1.82) is 0 Å². The number of hydrogen-bond acceptors (Lipinski definition) is 3. The zero-order valence-corrected chi connectivity index (χ0v) is 6.14. The number of fused-ring (bicyclic) bond motifs is 1. The summed E-state index contributed by atoms with van der Waals surface area (Å²) in [5, 5.41) is 24.1. The lowest BCUT2D eigenvalue weighted by atomic mass is 10.3. The third-order valence-corrected chi connectivity index (χ3v) is 1.50. The smallest absolute Gasteiger partial charge is 0.290 e. The van der Waals surface area contributed by atoms with Crippen molar-refractivity contribution in [3.63, 3.8) is 0 Å². The van der Waals surface area contributed by atoms with E-state index in [4.69, 9.17) is 20.1 Å². The van der Waals surface area contributed by atoms with Gasteiger partial charge in [0.2, 0.25) is 0 Å². The number of rotatable bonds is 1. The number of aliphatic hydroxyl groups excluding tert-OH is 1. The number of carbonyl (C=O) groups is 1. The highest BCUT2D eigenvalue weighted by atomic mass is 16.5. The molecule has 12 heavy (non-hydrogen) atoms. The maximum Gasteiger partial charge on any atom is 0.290 e. The van der Waals surface area contributed by atoms with Crippen LogP contribution in [0.15, 0.2) is 18.2 Å². The second-order valence-corrected chi connectivity index (χ2v) is 2.32. The molecular formula is C8H8O4. The number of benzene rings is 1. The molecule has 0 fully saturated rings. The zero-order valence-electron chi connectivity index (χ0n) is 6.14. The summed E-state index contributed by atoms with van der Waals surface area (Å²) in [5.41, 5.74) is 2.87. The number of aliphatic hydroxyl groups is 2. The van der Waals surface area contributed by atoms with Crippen LogP contribution >= 0.6 is 0 Å². The van der Waals surface area contributed by atoms with Gasteiger partial charge in [0.25, 0.3) is 6.47 Å². The second kappa shape index (κ2) is 3.34. The van der Waals surface area contributed by atoms with Gasteiger partial charge >= 0.3 is 0 Å².